The minimum Gasteiger partial charge on any atom is -0.380 e. The molecular weight excluding hydrogens is 358 g/mol. The van der Waals surface area contributed by atoms with Crippen molar-refractivity contribution in [2.45, 2.75) is 20.4 Å². The lowest BCUT2D eigenvalue weighted by Crippen LogP contribution is -2.38. The van der Waals surface area contributed by atoms with Gasteiger partial charge in [-0.3, -0.25) is 0 Å². The third kappa shape index (κ3) is 4.46. The van der Waals surface area contributed by atoms with Gasteiger partial charge in [0.25, 0.3) is 0 Å². The molecule has 146 valence electrons. The maximum atomic E-state index is 4.07. The van der Waals surface area contributed by atoms with E-state index in [9.17, 15) is 0 Å². The van der Waals surface area contributed by atoms with Crippen LogP contribution < -0.4 is 15.3 Å². The second-order valence-electron chi connectivity index (χ2n) is 7.16. The van der Waals surface area contributed by atoms with Gasteiger partial charge >= 0.3 is 6.33 Å². The lowest BCUT2D eigenvalue weighted by molar-refractivity contribution is -0.748. The summed E-state index contributed by atoms with van der Waals surface area (Å²) in [6, 6.07) is 23.2. The molecule has 0 aliphatic heterocycles. The summed E-state index contributed by atoms with van der Waals surface area (Å²) in [7, 11) is 0. The number of para-hydroxylation sites is 1. The van der Waals surface area contributed by atoms with Crippen LogP contribution in [0.15, 0.2) is 79.4 Å². The lowest BCUT2D eigenvalue weighted by atomic mass is 9.94. The Bertz CT molecular complexity index is 1050. The molecule has 0 radical (unpaired) electrons. The summed E-state index contributed by atoms with van der Waals surface area (Å²) in [6.45, 7) is 5.94. The van der Waals surface area contributed by atoms with Crippen LogP contribution >= 0.6 is 0 Å². The molecule has 4 aromatic rings. The maximum absolute atomic E-state index is 4.07. The number of nitrogens with zero attached hydrogens (tertiary/aromatic N) is 2. The van der Waals surface area contributed by atoms with Gasteiger partial charge in [-0.15, -0.1) is 0 Å². The molecule has 0 spiro atoms. The first-order chi connectivity index (χ1) is 14.2. The highest BCUT2D eigenvalue weighted by Gasteiger charge is 2.12. The van der Waals surface area contributed by atoms with Gasteiger partial charge in [0.2, 0.25) is 6.33 Å². The SMILES string of the molecule is Cc1cccc(C)c1-c1ccc(Nc2ccccc2)cc1NCC[n+]1cnc[nH]1. The Balaban J connectivity index is 1.65. The van der Waals surface area contributed by atoms with Crippen molar-refractivity contribution in [1.29, 1.82) is 0 Å². The third-order valence-electron chi connectivity index (χ3n) is 5.00. The van der Waals surface area contributed by atoms with Crippen LogP contribution in [0.1, 0.15) is 11.1 Å². The Morgan fingerprint density at radius 3 is 2.41 bits per heavy atom. The first-order valence-corrected chi connectivity index (χ1v) is 9.85. The monoisotopic (exact) mass is 384 g/mol. The second-order valence-corrected chi connectivity index (χ2v) is 7.16. The van der Waals surface area contributed by atoms with E-state index in [1.165, 1.54) is 22.3 Å². The summed E-state index contributed by atoms with van der Waals surface area (Å²) in [6.07, 6.45) is 3.48. The van der Waals surface area contributed by atoms with Gasteiger partial charge in [0.1, 0.15) is 6.54 Å². The second kappa shape index (κ2) is 8.61. The number of aromatic nitrogens is 3. The minimum absolute atomic E-state index is 0.791. The van der Waals surface area contributed by atoms with Crippen molar-refractivity contribution in [3.63, 3.8) is 0 Å². The first kappa shape index (κ1) is 18.7. The number of hydrogen-bond donors (Lipinski definition) is 3. The summed E-state index contributed by atoms with van der Waals surface area (Å²) < 4.78 is 1.96. The number of anilines is 3. The van der Waals surface area contributed by atoms with Crippen LogP contribution in [-0.2, 0) is 6.54 Å². The van der Waals surface area contributed by atoms with E-state index >= 15 is 0 Å². The standard InChI is InChI=1S/C24H25N5/c1-18-7-6-8-19(2)24(18)22-12-11-21(28-20-9-4-3-5-10-20)15-23(22)26-13-14-29-17-25-16-27-29/h3-12,15-17,26,28H,13-14H2,1-2H3/p+1. The van der Waals surface area contributed by atoms with Gasteiger partial charge in [-0.2, -0.15) is 9.78 Å². The Labute approximate surface area is 171 Å². The van der Waals surface area contributed by atoms with Crippen LogP contribution in [0.2, 0.25) is 0 Å². The lowest BCUT2D eigenvalue weighted by Gasteiger charge is -2.18. The smallest absolute Gasteiger partial charge is 0.306 e. The Kier molecular flexibility index (Phi) is 5.56. The fourth-order valence-corrected chi connectivity index (χ4v) is 3.60. The van der Waals surface area contributed by atoms with Gasteiger partial charge in [-0.1, -0.05) is 42.5 Å². The van der Waals surface area contributed by atoms with Gasteiger partial charge in [0.15, 0.2) is 0 Å². The molecule has 3 aromatic carbocycles. The van der Waals surface area contributed by atoms with E-state index in [1.54, 1.807) is 12.7 Å². The van der Waals surface area contributed by atoms with Crippen molar-refractivity contribution in [3.8, 4) is 11.1 Å². The van der Waals surface area contributed by atoms with Gasteiger partial charge in [0.05, 0.1) is 6.54 Å². The molecule has 0 amide bonds. The number of rotatable bonds is 7. The molecule has 0 saturated carbocycles. The number of aryl methyl sites for hydroxylation is 2. The summed E-state index contributed by atoms with van der Waals surface area (Å²) in [5.41, 5.74) is 8.31. The van der Waals surface area contributed by atoms with Crippen molar-refractivity contribution >= 4 is 17.1 Å². The quantitative estimate of drug-likeness (QED) is 0.400. The number of hydrogen-bond acceptors (Lipinski definition) is 3. The Morgan fingerprint density at radius 1 is 0.897 bits per heavy atom. The number of H-pyrrole nitrogens is 1. The van der Waals surface area contributed by atoms with Crippen LogP contribution in [0.25, 0.3) is 11.1 Å². The first-order valence-electron chi connectivity index (χ1n) is 9.85. The third-order valence-corrected chi connectivity index (χ3v) is 5.00. The normalized spacial score (nSPS) is 10.7. The molecule has 29 heavy (non-hydrogen) atoms. The van der Waals surface area contributed by atoms with E-state index in [2.05, 4.69) is 83.1 Å². The van der Waals surface area contributed by atoms with E-state index in [0.717, 1.165) is 30.2 Å². The van der Waals surface area contributed by atoms with Crippen molar-refractivity contribution in [2.24, 2.45) is 0 Å². The topological polar surface area (TPSA) is 56.6 Å². The molecular formula is C24H26N5+. The van der Waals surface area contributed by atoms with E-state index in [4.69, 9.17) is 0 Å². The zero-order valence-electron chi connectivity index (χ0n) is 16.8. The summed E-state index contributed by atoms with van der Waals surface area (Å²) >= 11 is 0. The molecule has 1 aromatic heterocycles. The molecule has 0 saturated heterocycles. The van der Waals surface area contributed by atoms with E-state index in [0.29, 0.717) is 0 Å². The summed E-state index contributed by atoms with van der Waals surface area (Å²) in [4.78, 5) is 4.07. The van der Waals surface area contributed by atoms with Crippen LogP contribution in [0.5, 0.6) is 0 Å². The van der Waals surface area contributed by atoms with Gasteiger partial charge in [-0.25, -0.2) is 0 Å². The molecule has 0 atom stereocenters. The molecule has 5 nitrogen and oxygen atoms in total. The van der Waals surface area contributed by atoms with Crippen molar-refractivity contribution in [1.82, 2.24) is 10.1 Å². The highest BCUT2D eigenvalue weighted by Crippen LogP contribution is 2.35. The zero-order valence-corrected chi connectivity index (χ0v) is 16.8. The van der Waals surface area contributed by atoms with Crippen molar-refractivity contribution in [3.05, 3.63) is 90.5 Å². The van der Waals surface area contributed by atoms with E-state index in [-0.39, 0.29) is 0 Å². The molecule has 0 aliphatic carbocycles. The molecule has 4 rings (SSSR count). The molecule has 0 aliphatic rings. The summed E-state index contributed by atoms with van der Waals surface area (Å²) in [5.74, 6) is 0. The Morgan fingerprint density at radius 2 is 1.69 bits per heavy atom. The van der Waals surface area contributed by atoms with E-state index < -0.39 is 0 Å². The summed E-state index contributed by atoms with van der Waals surface area (Å²) in [5, 5.41) is 10.2. The minimum atomic E-state index is 0.791. The van der Waals surface area contributed by atoms with Gasteiger partial charge in [0, 0.05) is 22.6 Å². The van der Waals surface area contributed by atoms with Crippen LogP contribution in [0.4, 0.5) is 17.1 Å². The average molecular weight is 385 g/mol. The van der Waals surface area contributed by atoms with Crippen LogP contribution in [0, 0.1) is 13.8 Å². The fraction of sp³-hybridized carbons (Fsp3) is 0.167. The highest BCUT2D eigenvalue weighted by atomic mass is 15.3. The van der Waals surface area contributed by atoms with Gasteiger partial charge < -0.3 is 10.6 Å². The van der Waals surface area contributed by atoms with Gasteiger partial charge in [-0.05, 0) is 59.8 Å². The highest BCUT2D eigenvalue weighted by molar-refractivity contribution is 5.84. The largest absolute Gasteiger partial charge is 0.380 e. The van der Waals surface area contributed by atoms with Crippen LogP contribution in [-0.4, -0.2) is 16.6 Å². The fourth-order valence-electron chi connectivity index (χ4n) is 3.60. The van der Waals surface area contributed by atoms with Crippen LogP contribution in [0.3, 0.4) is 0 Å². The number of aromatic amines is 1. The molecule has 0 fully saturated rings. The van der Waals surface area contributed by atoms with Crippen molar-refractivity contribution in [2.75, 3.05) is 17.2 Å². The van der Waals surface area contributed by atoms with E-state index in [1.807, 2.05) is 22.9 Å². The average Bonchev–Trinajstić information content (AvgIpc) is 3.23. The molecule has 5 heteroatoms. The Hall–Kier alpha value is -3.60. The molecule has 1 heterocycles. The molecule has 0 unspecified atom stereocenters. The number of benzene rings is 3. The molecule has 0 bridgehead atoms. The zero-order chi connectivity index (χ0) is 20.1. The van der Waals surface area contributed by atoms with Crippen molar-refractivity contribution < 1.29 is 4.68 Å². The number of nitrogens with one attached hydrogen (secondary N) is 3. The predicted molar refractivity (Wildman–Crippen MR) is 118 cm³/mol. The molecule has 3 N–H and O–H groups in total. The predicted octanol–water partition coefficient (Wildman–Crippen LogP) is 4.84. The maximum Gasteiger partial charge on any atom is 0.306 e.